The number of hydrogen-bond donors (Lipinski definition) is 1. The Balaban J connectivity index is 1.38. The molecule has 158 valence electrons. The van der Waals surface area contributed by atoms with Crippen molar-refractivity contribution in [2.24, 2.45) is 0 Å². The van der Waals surface area contributed by atoms with Crippen molar-refractivity contribution in [1.29, 1.82) is 0 Å². The zero-order valence-electron chi connectivity index (χ0n) is 16.9. The number of aryl methyl sites for hydroxylation is 1. The van der Waals surface area contributed by atoms with Gasteiger partial charge in [0, 0.05) is 31.7 Å². The molecule has 0 bridgehead atoms. The molecule has 2 aliphatic heterocycles. The fourth-order valence-electron chi connectivity index (χ4n) is 3.98. The van der Waals surface area contributed by atoms with Gasteiger partial charge in [0.15, 0.2) is 11.5 Å². The molecule has 8 heteroatoms. The first kappa shape index (κ1) is 20.2. The van der Waals surface area contributed by atoms with E-state index < -0.39 is 10.8 Å². The average molecular weight is 411 g/mol. The Bertz CT molecular complexity index is 954. The molecule has 0 aromatic heterocycles. The van der Waals surface area contributed by atoms with E-state index in [1.165, 1.54) is 23.3 Å². The molecule has 2 heterocycles. The summed E-state index contributed by atoms with van der Waals surface area (Å²) in [6, 6.07) is 11.1. The van der Waals surface area contributed by atoms with E-state index in [0.717, 1.165) is 32.5 Å². The maximum Gasteiger partial charge on any atom is 0.286 e. The van der Waals surface area contributed by atoms with Gasteiger partial charge in [-0.15, -0.1) is 0 Å². The highest BCUT2D eigenvalue weighted by molar-refractivity contribution is 5.99. The van der Waals surface area contributed by atoms with Crippen LogP contribution in [0.4, 0.5) is 5.69 Å². The first-order valence-electron chi connectivity index (χ1n) is 10.2. The van der Waals surface area contributed by atoms with E-state index in [2.05, 4.69) is 41.4 Å². The lowest BCUT2D eigenvalue weighted by Crippen LogP contribution is -2.44. The van der Waals surface area contributed by atoms with Crippen molar-refractivity contribution in [2.45, 2.75) is 32.4 Å². The number of hydrogen-bond acceptors (Lipinski definition) is 6. The third-order valence-electron chi connectivity index (χ3n) is 5.51. The van der Waals surface area contributed by atoms with Crippen LogP contribution in [-0.4, -0.2) is 48.1 Å². The molecule has 8 nitrogen and oxygen atoms in total. The Morgan fingerprint density at radius 3 is 2.53 bits per heavy atom. The van der Waals surface area contributed by atoms with Gasteiger partial charge in [-0.25, -0.2) is 0 Å². The quantitative estimate of drug-likeness (QED) is 0.600. The van der Waals surface area contributed by atoms with Crippen LogP contribution in [0.3, 0.4) is 0 Å². The number of amides is 1. The molecule has 2 aromatic carbocycles. The lowest BCUT2D eigenvalue weighted by molar-refractivity contribution is -0.385. The van der Waals surface area contributed by atoms with Crippen molar-refractivity contribution in [3.63, 3.8) is 0 Å². The summed E-state index contributed by atoms with van der Waals surface area (Å²) in [5.41, 5.74) is 2.26. The van der Waals surface area contributed by atoms with Gasteiger partial charge in [-0.05, 0) is 25.3 Å². The monoisotopic (exact) mass is 411 g/mol. The van der Waals surface area contributed by atoms with Crippen LogP contribution in [0, 0.1) is 17.0 Å². The van der Waals surface area contributed by atoms with Crippen LogP contribution in [0.5, 0.6) is 11.5 Å². The summed E-state index contributed by atoms with van der Waals surface area (Å²) in [6.45, 7) is 5.38. The van der Waals surface area contributed by atoms with E-state index in [9.17, 15) is 14.9 Å². The maximum atomic E-state index is 12.8. The number of likely N-dealkylation sites (tertiary alicyclic amines) is 1. The summed E-state index contributed by atoms with van der Waals surface area (Å²) in [6.07, 6.45) is 1.60. The van der Waals surface area contributed by atoms with Crippen molar-refractivity contribution in [2.75, 3.05) is 26.3 Å². The predicted octanol–water partition coefficient (Wildman–Crippen LogP) is 3.07. The summed E-state index contributed by atoms with van der Waals surface area (Å²) in [4.78, 5) is 26.1. The van der Waals surface area contributed by atoms with Crippen LogP contribution in [0.15, 0.2) is 36.4 Å². The SMILES string of the molecule is Cc1cccc(CN2CCC(NC(=O)c3cc4c(cc3[N+](=O)[O-])OCCO4)CC2)c1. The van der Waals surface area contributed by atoms with Crippen molar-refractivity contribution in [3.8, 4) is 11.5 Å². The van der Waals surface area contributed by atoms with Crippen LogP contribution < -0.4 is 14.8 Å². The third kappa shape index (κ3) is 4.54. The van der Waals surface area contributed by atoms with Gasteiger partial charge < -0.3 is 14.8 Å². The molecule has 0 unspecified atom stereocenters. The second-order valence-corrected chi connectivity index (χ2v) is 7.78. The smallest absolute Gasteiger partial charge is 0.286 e. The van der Waals surface area contributed by atoms with Crippen molar-refractivity contribution >= 4 is 11.6 Å². The fraction of sp³-hybridized carbons (Fsp3) is 0.409. The number of nitrogens with one attached hydrogen (secondary N) is 1. The van der Waals surface area contributed by atoms with Crippen LogP contribution in [0.1, 0.15) is 34.3 Å². The van der Waals surface area contributed by atoms with Crippen molar-refractivity contribution < 1.29 is 19.2 Å². The van der Waals surface area contributed by atoms with E-state index in [1.54, 1.807) is 0 Å². The number of benzene rings is 2. The van der Waals surface area contributed by atoms with Gasteiger partial charge in [0.1, 0.15) is 18.8 Å². The van der Waals surface area contributed by atoms with Gasteiger partial charge in [0.25, 0.3) is 11.6 Å². The highest BCUT2D eigenvalue weighted by atomic mass is 16.6. The van der Waals surface area contributed by atoms with E-state index in [1.807, 2.05) is 0 Å². The lowest BCUT2D eigenvalue weighted by Gasteiger charge is -2.32. The van der Waals surface area contributed by atoms with E-state index >= 15 is 0 Å². The molecule has 2 aromatic rings. The Kier molecular flexibility index (Phi) is 5.85. The third-order valence-corrected chi connectivity index (χ3v) is 5.51. The molecule has 0 aliphatic carbocycles. The second-order valence-electron chi connectivity index (χ2n) is 7.78. The van der Waals surface area contributed by atoms with Gasteiger partial charge in [-0.1, -0.05) is 29.8 Å². The van der Waals surface area contributed by atoms with E-state index in [-0.39, 0.29) is 17.3 Å². The average Bonchev–Trinajstić information content (AvgIpc) is 2.74. The largest absolute Gasteiger partial charge is 0.486 e. The lowest BCUT2D eigenvalue weighted by atomic mass is 10.0. The van der Waals surface area contributed by atoms with Gasteiger partial charge in [-0.3, -0.25) is 19.8 Å². The minimum atomic E-state index is -0.558. The highest BCUT2D eigenvalue weighted by Gasteiger charge is 2.28. The molecule has 0 radical (unpaired) electrons. The maximum absolute atomic E-state index is 12.8. The summed E-state index contributed by atoms with van der Waals surface area (Å²) >= 11 is 0. The van der Waals surface area contributed by atoms with Crippen molar-refractivity contribution in [3.05, 3.63) is 63.2 Å². The number of fused-ring (bicyclic) bond motifs is 1. The molecule has 1 amide bonds. The van der Waals surface area contributed by atoms with Gasteiger partial charge in [0.05, 0.1) is 11.0 Å². The molecule has 1 N–H and O–H groups in total. The zero-order chi connectivity index (χ0) is 21.1. The molecule has 4 rings (SSSR count). The fourth-order valence-corrected chi connectivity index (χ4v) is 3.98. The number of ether oxygens (including phenoxy) is 2. The molecule has 1 fully saturated rings. The summed E-state index contributed by atoms with van der Waals surface area (Å²) in [5.74, 6) is 0.217. The van der Waals surface area contributed by atoms with Gasteiger partial charge in [-0.2, -0.15) is 0 Å². The molecular formula is C22H25N3O5. The Labute approximate surface area is 174 Å². The standard InChI is InChI=1S/C22H25N3O5/c1-15-3-2-4-16(11-15)14-24-7-5-17(6-8-24)23-22(26)18-12-20-21(30-10-9-29-20)13-19(18)25(27)28/h2-4,11-13,17H,5-10,14H2,1H3,(H,23,26). The second kappa shape index (κ2) is 8.71. The molecule has 0 saturated carbocycles. The Hall–Kier alpha value is -3.13. The van der Waals surface area contributed by atoms with E-state index in [4.69, 9.17) is 9.47 Å². The molecule has 0 spiro atoms. The minimum Gasteiger partial charge on any atom is -0.486 e. The van der Waals surface area contributed by atoms with E-state index in [0.29, 0.717) is 24.7 Å². The highest BCUT2D eigenvalue weighted by Crippen LogP contribution is 2.36. The number of rotatable bonds is 5. The van der Waals surface area contributed by atoms with Crippen LogP contribution >= 0.6 is 0 Å². The molecule has 2 aliphatic rings. The predicted molar refractivity (Wildman–Crippen MR) is 111 cm³/mol. The molecule has 0 atom stereocenters. The molecule has 1 saturated heterocycles. The molecule has 30 heavy (non-hydrogen) atoms. The Morgan fingerprint density at radius 2 is 1.87 bits per heavy atom. The van der Waals surface area contributed by atoms with Crippen molar-refractivity contribution in [1.82, 2.24) is 10.2 Å². The molecular weight excluding hydrogens is 386 g/mol. The topological polar surface area (TPSA) is 93.9 Å². The zero-order valence-corrected chi connectivity index (χ0v) is 16.9. The Morgan fingerprint density at radius 1 is 1.17 bits per heavy atom. The number of piperidine rings is 1. The first-order valence-corrected chi connectivity index (χ1v) is 10.2. The number of nitro benzene ring substituents is 1. The number of carbonyl (C=O) groups excluding carboxylic acids is 1. The summed E-state index contributed by atoms with van der Waals surface area (Å²) in [7, 11) is 0. The van der Waals surface area contributed by atoms with Gasteiger partial charge in [0.2, 0.25) is 0 Å². The van der Waals surface area contributed by atoms with Crippen LogP contribution in [0.25, 0.3) is 0 Å². The minimum absolute atomic E-state index is 0.00596. The number of nitrogens with zero attached hydrogens (tertiary/aromatic N) is 2. The van der Waals surface area contributed by atoms with Crippen LogP contribution in [0.2, 0.25) is 0 Å². The summed E-state index contributed by atoms with van der Waals surface area (Å²) < 4.78 is 10.9. The summed E-state index contributed by atoms with van der Waals surface area (Å²) in [5, 5.41) is 14.4. The normalized spacial score (nSPS) is 16.8. The number of carbonyl (C=O) groups is 1. The van der Waals surface area contributed by atoms with Crippen LogP contribution in [-0.2, 0) is 6.54 Å². The first-order chi connectivity index (χ1) is 14.5. The van der Waals surface area contributed by atoms with Gasteiger partial charge >= 0.3 is 0 Å². The number of nitro groups is 1.